The molecule has 110 valence electrons. The fourth-order valence-electron chi connectivity index (χ4n) is 3.16. The van der Waals surface area contributed by atoms with Crippen molar-refractivity contribution in [1.29, 1.82) is 0 Å². The van der Waals surface area contributed by atoms with Gasteiger partial charge in [0.05, 0.1) is 0 Å². The van der Waals surface area contributed by atoms with Crippen LogP contribution in [-0.2, 0) is 13.0 Å². The molecule has 1 unspecified atom stereocenters. The number of aryl methyl sites for hydroxylation is 1. The number of phenols is 1. The summed E-state index contributed by atoms with van der Waals surface area (Å²) >= 11 is 0. The standard InChI is InChI=1S/C18H22N2O/c1-12-6-7-18(21)15(10-12)13(2)20-9-8-14-4-3-5-17(19)16(14)11-20/h3-7,10,13,21H,8-9,11,19H2,1-2H3. The Morgan fingerprint density at radius 2 is 2.05 bits per heavy atom. The molecule has 0 aromatic heterocycles. The molecule has 2 aromatic rings. The topological polar surface area (TPSA) is 49.5 Å². The molecule has 1 atom stereocenters. The van der Waals surface area contributed by atoms with Gasteiger partial charge in [-0.3, -0.25) is 4.90 Å². The van der Waals surface area contributed by atoms with E-state index in [1.165, 1.54) is 16.7 Å². The van der Waals surface area contributed by atoms with Crippen molar-refractivity contribution < 1.29 is 5.11 Å². The second kappa shape index (κ2) is 5.41. The third-order valence-corrected chi connectivity index (χ3v) is 4.52. The van der Waals surface area contributed by atoms with Crippen LogP contribution in [0.1, 0.15) is 35.2 Å². The van der Waals surface area contributed by atoms with Gasteiger partial charge in [0.2, 0.25) is 0 Å². The lowest BCUT2D eigenvalue weighted by Crippen LogP contribution is -2.33. The largest absolute Gasteiger partial charge is 0.508 e. The van der Waals surface area contributed by atoms with E-state index in [2.05, 4.69) is 30.9 Å². The predicted molar refractivity (Wildman–Crippen MR) is 86.2 cm³/mol. The number of phenolic OH excluding ortho intramolecular Hbond substituents is 1. The van der Waals surface area contributed by atoms with Crippen molar-refractivity contribution in [3.05, 3.63) is 58.7 Å². The number of hydrogen-bond donors (Lipinski definition) is 2. The minimum absolute atomic E-state index is 0.178. The molecule has 2 aromatic carbocycles. The van der Waals surface area contributed by atoms with Crippen LogP contribution in [0.3, 0.4) is 0 Å². The highest BCUT2D eigenvalue weighted by Crippen LogP contribution is 2.34. The molecule has 0 saturated heterocycles. The van der Waals surface area contributed by atoms with Crippen LogP contribution in [0.2, 0.25) is 0 Å². The van der Waals surface area contributed by atoms with E-state index in [0.717, 1.165) is 30.8 Å². The van der Waals surface area contributed by atoms with Crippen molar-refractivity contribution in [2.24, 2.45) is 0 Å². The number of benzene rings is 2. The summed E-state index contributed by atoms with van der Waals surface area (Å²) in [5.74, 6) is 0.375. The quantitative estimate of drug-likeness (QED) is 0.830. The Balaban J connectivity index is 1.89. The molecule has 0 radical (unpaired) electrons. The maximum Gasteiger partial charge on any atom is 0.120 e. The average molecular weight is 282 g/mol. The third kappa shape index (κ3) is 2.61. The minimum atomic E-state index is 0.178. The van der Waals surface area contributed by atoms with Crippen LogP contribution >= 0.6 is 0 Å². The van der Waals surface area contributed by atoms with Gasteiger partial charge < -0.3 is 10.8 Å². The molecule has 0 fully saturated rings. The summed E-state index contributed by atoms with van der Waals surface area (Å²) in [6.45, 7) is 6.04. The molecule has 1 heterocycles. The number of rotatable bonds is 2. The highest BCUT2D eigenvalue weighted by atomic mass is 16.3. The first-order chi connectivity index (χ1) is 10.1. The molecule has 3 rings (SSSR count). The van der Waals surface area contributed by atoms with Gasteiger partial charge in [0, 0.05) is 30.4 Å². The summed E-state index contributed by atoms with van der Waals surface area (Å²) < 4.78 is 0. The summed E-state index contributed by atoms with van der Waals surface area (Å²) in [5, 5.41) is 10.1. The fourth-order valence-corrected chi connectivity index (χ4v) is 3.16. The summed E-state index contributed by atoms with van der Waals surface area (Å²) in [5.41, 5.74) is 11.8. The van der Waals surface area contributed by atoms with Crippen molar-refractivity contribution >= 4 is 5.69 Å². The van der Waals surface area contributed by atoms with E-state index in [1.807, 2.05) is 18.2 Å². The Kier molecular flexibility index (Phi) is 3.60. The Morgan fingerprint density at radius 1 is 1.24 bits per heavy atom. The summed E-state index contributed by atoms with van der Waals surface area (Å²) in [6, 6.07) is 12.1. The van der Waals surface area contributed by atoms with E-state index in [1.54, 1.807) is 6.07 Å². The number of hydrogen-bond acceptors (Lipinski definition) is 3. The highest BCUT2D eigenvalue weighted by molar-refractivity contribution is 5.52. The number of nitrogens with zero attached hydrogens (tertiary/aromatic N) is 1. The molecule has 0 aliphatic carbocycles. The molecule has 0 amide bonds. The summed E-state index contributed by atoms with van der Waals surface area (Å²) in [6.07, 6.45) is 1.01. The monoisotopic (exact) mass is 282 g/mol. The van der Waals surface area contributed by atoms with Gasteiger partial charge in [0.1, 0.15) is 5.75 Å². The molecule has 3 heteroatoms. The lowest BCUT2D eigenvalue weighted by atomic mass is 9.95. The smallest absolute Gasteiger partial charge is 0.120 e. The van der Waals surface area contributed by atoms with E-state index in [4.69, 9.17) is 5.73 Å². The first-order valence-corrected chi connectivity index (χ1v) is 7.46. The van der Waals surface area contributed by atoms with Gasteiger partial charge in [-0.25, -0.2) is 0 Å². The summed E-state index contributed by atoms with van der Waals surface area (Å²) in [7, 11) is 0. The zero-order valence-corrected chi connectivity index (χ0v) is 12.6. The van der Waals surface area contributed by atoms with Crippen LogP contribution < -0.4 is 5.73 Å². The number of nitrogens with two attached hydrogens (primary N) is 1. The number of anilines is 1. The second-order valence-electron chi connectivity index (χ2n) is 5.94. The van der Waals surface area contributed by atoms with Crippen molar-refractivity contribution in [3.63, 3.8) is 0 Å². The third-order valence-electron chi connectivity index (χ3n) is 4.52. The molecule has 1 aliphatic heterocycles. The van der Waals surface area contributed by atoms with Gasteiger partial charge in [0.15, 0.2) is 0 Å². The van der Waals surface area contributed by atoms with Gasteiger partial charge in [-0.1, -0.05) is 29.8 Å². The second-order valence-corrected chi connectivity index (χ2v) is 5.94. The Bertz CT molecular complexity index is 666. The van der Waals surface area contributed by atoms with E-state index in [9.17, 15) is 5.11 Å². The van der Waals surface area contributed by atoms with Crippen molar-refractivity contribution in [2.75, 3.05) is 12.3 Å². The molecule has 1 aliphatic rings. The van der Waals surface area contributed by atoms with Crippen LogP contribution in [-0.4, -0.2) is 16.6 Å². The van der Waals surface area contributed by atoms with Gasteiger partial charge in [-0.2, -0.15) is 0 Å². The lowest BCUT2D eigenvalue weighted by molar-refractivity contribution is 0.189. The van der Waals surface area contributed by atoms with Crippen LogP contribution in [0.4, 0.5) is 5.69 Å². The first-order valence-electron chi connectivity index (χ1n) is 7.46. The van der Waals surface area contributed by atoms with Crippen LogP contribution in [0.5, 0.6) is 5.75 Å². The molecule has 0 saturated carbocycles. The maximum atomic E-state index is 10.1. The van der Waals surface area contributed by atoms with Crippen LogP contribution in [0.15, 0.2) is 36.4 Å². The molecular weight excluding hydrogens is 260 g/mol. The molecule has 3 nitrogen and oxygen atoms in total. The first kappa shape index (κ1) is 14.0. The zero-order valence-electron chi connectivity index (χ0n) is 12.6. The van der Waals surface area contributed by atoms with Crippen molar-refractivity contribution in [1.82, 2.24) is 4.90 Å². The zero-order chi connectivity index (χ0) is 15.0. The Hall–Kier alpha value is -2.00. The van der Waals surface area contributed by atoms with Gasteiger partial charge in [-0.05, 0) is 43.5 Å². The lowest BCUT2D eigenvalue weighted by Gasteiger charge is -2.34. The SMILES string of the molecule is Cc1ccc(O)c(C(C)N2CCc3cccc(N)c3C2)c1. The Labute approximate surface area is 126 Å². The van der Waals surface area contributed by atoms with E-state index >= 15 is 0 Å². The molecule has 0 bridgehead atoms. The van der Waals surface area contributed by atoms with Crippen molar-refractivity contribution in [2.45, 2.75) is 32.9 Å². The van der Waals surface area contributed by atoms with E-state index in [-0.39, 0.29) is 6.04 Å². The van der Waals surface area contributed by atoms with Gasteiger partial charge >= 0.3 is 0 Å². The van der Waals surface area contributed by atoms with Crippen molar-refractivity contribution in [3.8, 4) is 5.75 Å². The molecule has 21 heavy (non-hydrogen) atoms. The number of fused-ring (bicyclic) bond motifs is 1. The molecule has 0 spiro atoms. The highest BCUT2D eigenvalue weighted by Gasteiger charge is 2.24. The minimum Gasteiger partial charge on any atom is -0.508 e. The number of nitrogen functional groups attached to an aromatic ring is 1. The Morgan fingerprint density at radius 3 is 2.86 bits per heavy atom. The van der Waals surface area contributed by atoms with Crippen LogP contribution in [0.25, 0.3) is 0 Å². The van der Waals surface area contributed by atoms with Gasteiger partial charge in [0.25, 0.3) is 0 Å². The van der Waals surface area contributed by atoms with Gasteiger partial charge in [-0.15, -0.1) is 0 Å². The van der Waals surface area contributed by atoms with E-state index < -0.39 is 0 Å². The number of aromatic hydroxyl groups is 1. The normalized spacial score (nSPS) is 16.5. The average Bonchev–Trinajstić information content (AvgIpc) is 2.49. The molecule has 3 N–H and O–H groups in total. The fraction of sp³-hybridized carbons (Fsp3) is 0.333. The van der Waals surface area contributed by atoms with E-state index in [0.29, 0.717) is 5.75 Å². The van der Waals surface area contributed by atoms with Crippen LogP contribution in [0, 0.1) is 6.92 Å². The summed E-state index contributed by atoms with van der Waals surface area (Å²) in [4.78, 5) is 2.38. The predicted octanol–water partition coefficient (Wildman–Crippen LogP) is 3.40. The maximum absolute atomic E-state index is 10.1. The molecular formula is C18H22N2O.